The van der Waals surface area contributed by atoms with E-state index in [4.69, 9.17) is 4.74 Å². The minimum absolute atomic E-state index is 0.0781. The number of phenolic OH excluding ortho intramolecular Hbond substituents is 1. The fraction of sp³-hybridized carbons (Fsp3) is 0.267. The van der Waals surface area contributed by atoms with E-state index in [1.54, 1.807) is 7.11 Å². The fourth-order valence-corrected chi connectivity index (χ4v) is 5.10. The zero-order chi connectivity index (χ0) is 25.4. The molecule has 1 aromatic heterocycles. The van der Waals surface area contributed by atoms with E-state index >= 15 is 0 Å². The highest BCUT2D eigenvalue weighted by Gasteiger charge is 2.42. The van der Waals surface area contributed by atoms with Crippen molar-refractivity contribution in [1.82, 2.24) is 15.1 Å². The van der Waals surface area contributed by atoms with Gasteiger partial charge in [-0.3, -0.25) is 9.89 Å². The molecule has 0 saturated heterocycles. The third kappa shape index (κ3) is 4.13. The maximum absolute atomic E-state index is 13.7. The Morgan fingerprint density at radius 2 is 1.72 bits per heavy atom. The van der Waals surface area contributed by atoms with Crippen LogP contribution in [0, 0.1) is 13.8 Å². The van der Waals surface area contributed by atoms with Gasteiger partial charge in [0.25, 0.3) is 5.91 Å². The number of aromatic nitrogens is 2. The Kier molecular flexibility index (Phi) is 6.27. The van der Waals surface area contributed by atoms with E-state index in [0.29, 0.717) is 29.9 Å². The summed E-state index contributed by atoms with van der Waals surface area (Å²) in [5.74, 6) is 0.925. The molecule has 6 nitrogen and oxygen atoms in total. The summed E-state index contributed by atoms with van der Waals surface area (Å²) in [6, 6.07) is 20.0. The van der Waals surface area contributed by atoms with Crippen molar-refractivity contribution in [3.05, 3.63) is 99.7 Å². The lowest BCUT2D eigenvalue weighted by molar-refractivity contribution is 0.0746. The number of aromatic hydroxyl groups is 1. The van der Waals surface area contributed by atoms with Gasteiger partial charge < -0.3 is 14.7 Å². The molecule has 0 aliphatic carbocycles. The van der Waals surface area contributed by atoms with E-state index < -0.39 is 0 Å². The summed E-state index contributed by atoms with van der Waals surface area (Å²) in [7, 11) is 1.65. The number of hydrogen-bond acceptors (Lipinski definition) is 4. The van der Waals surface area contributed by atoms with Gasteiger partial charge in [-0.25, -0.2) is 0 Å². The highest BCUT2D eigenvalue weighted by atomic mass is 16.5. The number of nitrogens with one attached hydrogen (secondary N) is 1. The van der Waals surface area contributed by atoms with Gasteiger partial charge in [0.05, 0.1) is 13.2 Å². The van der Waals surface area contributed by atoms with Crippen molar-refractivity contribution in [1.29, 1.82) is 0 Å². The molecule has 1 aliphatic heterocycles. The topological polar surface area (TPSA) is 78.5 Å². The lowest BCUT2D eigenvalue weighted by Gasteiger charge is -2.27. The number of rotatable bonds is 7. The lowest BCUT2D eigenvalue weighted by Crippen LogP contribution is -2.31. The molecule has 4 aromatic rings. The van der Waals surface area contributed by atoms with Crippen LogP contribution in [0.2, 0.25) is 0 Å². The Balaban J connectivity index is 1.57. The summed E-state index contributed by atoms with van der Waals surface area (Å²) < 4.78 is 5.28. The summed E-state index contributed by atoms with van der Waals surface area (Å²) in [4.78, 5) is 15.6. The van der Waals surface area contributed by atoms with Crippen molar-refractivity contribution in [2.45, 2.75) is 39.7 Å². The van der Waals surface area contributed by atoms with E-state index in [-0.39, 0.29) is 17.7 Å². The molecule has 2 N–H and O–H groups in total. The molecule has 0 saturated carbocycles. The molecule has 1 aliphatic rings. The Morgan fingerprint density at radius 3 is 2.39 bits per heavy atom. The largest absolute Gasteiger partial charge is 0.507 e. The monoisotopic (exact) mass is 481 g/mol. The van der Waals surface area contributed by atoms with E-state index in [2.05, 4.69) is 41.4 Å². The standard InChI is InChI=1S/C30H31N3O3/c1-5-20-6-10-22(11-7-20)28-25-26(24-17-18(2)16-19(3)29(24)34)31-32-27(25)30(35)33(28)15-14-21-8-12-23(36-4)13-9-21/h6-13,16-17,28,34H,5,14-15H2,1-4H3,(H,31,32). The SMILES string of the molecule is CCc1ccc(C2c3c(-c4cc(C)cc(C)c4O)n[nH]c3C(=O)N2CCc2ccc(OC)cc2)cc1. The van der Waals surface area contributed by atoms with Gasteiger partial charge in [0, 0.05) is 17.7 Å². The number of benzene rings is 3. The Bertz CT molecular complexity index is 1400. The number of carbonyl (C=O) groups is 1. The first-order valence-electron chi connectivity index (χ1n) is 12.3. The van der Waals surface area contributed by atoms with Gasteiger partial charge in [0.15, 0.2) is 0 Å². The van der Waals surface area contributed by atoms with E-state index in [1.807, 2.05) is 55.1 Å². The first-order valence-corrected chi connectivity index (χ1v) is 12.3. The van der Waals surface area contributed by atoms with Crippen molar-refractivity contribution >= 4 is 5.91 Å². The highest BCUT2D eigenvalue weighted by Crippen LogP contribution is 2.45. The third-order valence-corrected chi connectivity index (χ3v) is 7.07. The molecule has 5 rings (SSSR count). The minimum atomic E-state index is -0.300. The number of amides is 1. The molecule has 6 heteroatoms. The molecule has 36 heavy (non-hydrogen) atoms. The molecule has 0 bridgehead atoms. The van der Waals surface area contributed by atoms with Crippen molar-refractivity contribution < 1.29 is 14.6 Å². The number of aromatic amines is 1. The smallest absolute Gasteiger partial charge is 0.273 e. The number of phenols is 1. The van der Waals surface area contributed by atoms with Gasteiger partial charge in [0.1, 0.15) is 22.9 Å². The molecule has 0 radical (unpaired) electrons. The molecular formula is C30H31N3O3. The van der Waals surface area contributed by atoms with Crippen molar-refractivity contribution in [2.75, 3.05) is 13.7 Å². The average molecular weight is 482 g/mol. The number of carbonyl (C=O) groups excluding carboxylic acids is 1. The molecule has 0 fully saturated rings. The van der Waals surface area contributed by atoms with E-state index in [0.717, 1.165) is 40.0 Å². The number of aryl methyl sites for hydroxylation is 3. The molecular weight excluding hydrogens is 450 g/mol. The second kappa shape index (κ2) is 9.53. The number of fused-ring (bicyclic) bond motifs is 1. The van der Waals surface area contributed by atoms with Crippen LogP contribution in [0.4, 0.5) is 0 Å². The summed E-state index contributed by atoms with van der Waals surface area (Å²) >= 11 is 0. The average Bonchev–Trinajstić information content (AvgIpc) is 3.44. The third-order valence-electron chi connectivity index (χ3n) is 7.07. The minimum Gasteiger partial charge on any atom is -0.507 e. The summed E-state index contributed by atoms with van der Waals surface area (Å²) in [6.45, 7) is 6.55. The zero-order valence-electron chi connectivity index (χ0n) is 21.1. The molecule has 1 amide bonds. The van der Waals surface area contributed by atoms with Gasteiger partial charge in [-0.1, -0.05) is 49.4 Å². The van der Waals surface area contributed by atoms with Crippen LogP contribution in [-0.2, 0) is 12.8 Å². The zero-order valence-corrected chi connectivity index (χ0v) is 21.1. The number of ether oxygens (including phenoxy) is 1. The summed E-state index contributed by atoms with van der Waals surface area (Å²) in [5, 5.41) is 18.4. The maximum atomic E-state index is 13.7. The van der Waals surface area contributed by atoms with E-state index in [1.165, 1.54) is 5.56 Å². The van der Waals surface area contributed by atoms with Gasteiger partial charge in [-0.15, -0.1) is 0 Å². The first kappa shape index (κ1) is 23.7. The van der Waals surface area contributed by atoms with Crippen molar-refractivity contribution in [3.8, 4) is 22.8 Å². The predicted molar refractivity (Wildman–Crippen MR) is 141 cm³/mol. The van der Waals surface area contributed by atoms with Crippen molar-refractivity contribution in [2.24, 2.45) is 0 Å². The number of H-pyrrole nitrogens is 1. The summed E-state index contributed by atoms with van der Waals surface area (Å²) in [6.07, 6.45) is 1.66. The normalized spacial score (nSPS) is 14.8. The van der Waals surface area contributed by atoms with Crippen LogP contribution < -0.4 is 4.74 Å². The Labute approximate surface area is 211 Å². The number of hydrogen-bond donors (Lipinski definition) is 2. The second-order valence-corrected chi connectivity index (χ2v) is 9.43. The molecule has 3 aromatic carbocycles. The Hall–Kier alpha value is -4.06. The van der Waals surface area contributed by atoms with Gasteiger partial charge in [-0.2, -0.15) is 5.10 Å². The second-order valence-electron chi connectivity index (χ2n) is 9.43. The molecule has 184 valence electrons. The van der Waals surface area contributed by atoms with Crippen LogP contribution in [0.25, 0.3) is 11.3 Å². The predicted octanol–water partition coefficient (Wildman–Crippen LogP) is 5.76. The van der Waals surface area contributed by atoms with Crippen LogP contribution >= 0.6 is 0 Å². The maximum Gasteiger partial charge on any atom is 0.273 e. The summed E-state index contributed by atoms with van der Waals surface area (Å²) in [5.41, 5.74) is 7.79. The van der Waals surface area contributed by atoms with Crippen LogP contribution in [0.5, 0.6) is 11.5 Å². The molecule has 2 heterocycles. The van der Waals surface area contributed by atoms with Gasteiger partial charge in [0.2, 0.25) is 0 Å². The fourth-order valence-electron chi connectivity index (χ4n) is 5.10. The van der Waals surface area contributed by atoms with Gasteiger partial charge >= 0.3 is 0 Å². The van der Waals surface area contributed by atoms with Crippen LogP contribution in [0.15, 0.2) is 60.7 Å². The quantitative estimate of drug-likeness (QED) is 0.352. The van der Waals surface area contributed by atoms with Crippen LogP contribution in [0.3, 0.4) is 0 Å². The lowest BCUT2D eigenvalue weighted by atomic mass is 9.93. The molecule has 1 atom stereocenters. The molecule has 0 spiro atoms. The first-order chi connectivity index (χ1) is 17.4. The highest BCUT2D eigenvalue weighted by molar-refractivity contribution is 6.00. The number of methoxy groups -OCH3 is 1. The Morgan fingerprint density at radius 1 is 1.03 bits per heavy atom. The van der Waals surface area contributed by atoms with E-state index in [9.17, 15) is 9.90 Å². The number of nitrogens with zero attached hydrogens (tertiary/aromatic N) is 2. The van der Waals surface area contributed by atoms with Gasteiger partial charge in [-0.05, 0) is 72.7 Å². The molecule has 1 unspecified atom stereocenters. The van der Waals surface area contributed by atoms with Crippen molar-refractivity contribution in [3.63, 3.8) is 0 Å². The van der Waals surface area contributed by atoms with Crippen LogP contribution in [-0.4, -0.2) is 39.8 Å². The van der Waals surface area contributed by atoms with Crippen LogP contribution in [0.1, 0.15) is 56.8 Å².